The fraction of sp³-hybridized carbons (Fsp3) is 0.466. The Morgan fingerprint density at radius 3 is 1.42 bits per heavy atom. The number of carbonyl (C=O) groups is 9. The van der Waals surface area contributed by atoms with Crippen molar-refractivity contribution < 1.29 is 43.2 Å². The molecule has 0 amide bonds. The van der Waals surface area contributed by atoms with Crippen LogP contribution in [0.5, 0.6) is 0 Å². The van der Waals surface area contributed by atoms with Gasteiger partial charge in [0.1, 0.15) is 34.7 Å². The molecule has 368 valence electrons. The van der Waals surface area contributed by atoms with E-state index in [1.165, 1.54) is 6.92 Å². The Morgan fingerprint density at radius 1 is 0.464 bits per heavy atom. The fourth-order valence-corrected chi connectivity index (χ4v) is 9.97. The van der Waals surface area contributed by atoms with Gasteiger partial charge in [0.05, 0.1) is 10.5 Å². The molecule has 0 heterocycles. The maximum atomic E-state index is 14.2. The number of carbonyl (C=O) groups excluding carboxylic acids is 9. The summed E-state index contributed by atoms with van der Waals surface area (Å²) in [4.78, 5) is 122. The summed E-state index contributed by atoms with van der Waals surface area (Å²) in [6.07, 6.45) is -0.282. The summed E-state index contributed by atoms with van der Waals surface area (Å²) in [7, 11) is 0. The Morgan fingerprint density at radius 2 is 0.899 bits per heavy atom. The first-order valence-electron chi connectivity index (χ1n) is 23.7. The van der Waals surface area contributed by atoms with Crippen molar-refractivity contribution in [3.8, 4) is 0 Å². The molecule has 4 rings (SSSR count). The smallest absolute Gasteiger partial charge is 0.195 e. The number of rotatable bonds is 25. The van der Waals surface area contributed by atoms with Crippen molar-refractivity contribution in [3.63, 3.8) is 0 Å². The molecule has 9 nitrogen and oxygen atoms in total. The van der Waals surface area contributed by atoms with E-state index in [0.29, 0.717) is 23.1 Å². The van der Waals surface area contributed by atoms with Crippen LogP contribution >= 0.6 is 23.5 Å². The molecule has 11 heteroatoms. The monoisotopic (exact) mass is 974 g/mol. The van der Waals surface area contributed by atoms with Crippen LogP contribution in [0.1, 0.15) is 142 Å². The number of hydrogen-bond donors (Lipinski definition) is 0. The van der Waals surface area contributed by atoms with Crippen LogP contribution in [0.25, 0.3) is 10.8 Å². The second-order valence-corrected chi connectivity index (χ2v) is 24.1. The highest BCUT2D eigenvalue weighted by atomic mass is 32.2. The van der Waals surface area contributed by atoms with Gasteiger partial charge < -0.3 is 0 Å². The third kappa shape index (κ3) is 16.2. The lowest BCUT2D eigenvalue weighted by Gasteiger charge is -2.29. The number of fused-ring (bicyclic) bond motifs is 1. The third-order valence-electron chi connectivity index (χ3n) is 12.9. The van der Waals surface area contributed by atoms with Crippen molar-refractivity contribution >= 4 is 85.0 Å². The molecule has 69 heavy (non-hydrogen) atoms. The molecule has 0 aliphatic rings. The Balaban J connectivity index is 1.47. The largest absolute Gasteiger partial charge is 0.300 e. The molecular weight excluding hydrogens is 905 g/mol. The van der Waals surface area contributed by atoms with Crippen molar-refractivity contribution in [3.05, 3.63) is 119 Å². The highest BCUT2D eigenvalue weighted by molar-refractivity contribution is 8.15. The summed E-state index contributed by atoms with van der Waals surface area (Å²) in [5.41, 5.74) is -1.65. The first-order valence-corrected chi connectivity index (χ1v) is 25.5. The second kappa shape index (κ2) is 23.7. The predicted molar refractivity (Wildman–Crippen MR) is 278 cm³/mol. The van der Waals surface area contributed by atoms with E-state index in [1.54, 1.807) is 125 Å². The van der Waals surface area contributed by atoms with Gasteiger partial charge in [-0.25, -0.2) is 0 Å². The lowest BCUT2D eigenvalue weighted by molar-refractivity contribution is -0.136. The van der Waals surface area contributed by atoms with Gasteiger partial charge in [0.15, 0.2) is 16.0 Å². The van der Waals surface area contributed by atoms with Gasteiger partial charge in [0, 0.05) is 76.7 Å². The summed E-state index contributed by atoms with van der Waals surface area (Å²) < 4.78 is 0. The van der Waals surface area contributed by atoms with Gasteiger partial charge in [-0.3, -0.25) is 43.2 Å². The van der Waals surface area contributed by atoms with Gasteiger partial charge >= 0.3 is 0 Å². The number of thioether (sulfide) groups is 2. The third-order valence-corrected chi connectivity index (χ3v) is 15.9. The standard InChI is InChI=1S/C58H70O9S2/c1-36(38(3)59)28-50(63)56(7,8)34-46(61)48(31-39-22-26-43(27-23-39)52(65)42-19-14-13-15-20-42)69-54(67)58(11,12)33-45(60)37(2)29-51(64)57(9,10)35-47(62)49(68-53(66)55(4,5)6)32-40-24-25-41-18-16-17-21-44(41)30-40/h13-27,30,36-37,48-49H,28-29,31-35H2,1-12H3. The molecule has 0 fully saturated rings. The maximum absolute atomic E-state index is 14.2. The van der Waals surface area contributed by atoms with Crippen LogP contribution < -0.4 is 0 Å². The Bertz CT molecular complexity index is 2560. The highest BCUT2D eigenvalue weighted by Crippen LogP contribution is 2.38. The molecule has 4 atom stereocenters. The summed E-state index contributed by atoms with van der Waals surface area (Å²) >= 11 is 1.82. The van der Waals surface area contributed by atoms with E-state index in [2.05, 4.69) is 0 Å². The zero-order valence-electron chi connectivity index (χ0n) is 42.5. The molecule has 0 bridgehead atoms. The van der Waals surface area contributed by atoms with E-state index in [-0.39, 0.29) is 84.1 Å². The van der Waals surface area contributed by atoms with Crippen molar-refractivity contribution in [1.82, 2.24) is 0 Å². The lowest BCUT2D eigenvalue weighted by Crippen LogP contribution is -2.36. The number of hydrogen-bond acceptors (Lipinski definition) is 11. The van der Waals surface area contributed by atoms with Crippen LogP contribution in [0, 0.1) is 33.5 Å². The van der Waals surface area contributed by atoms with Gasteiger partial charge in [0.2, 0.25) is 0 Å². The molecule has 0 spiro atoms. The van der Waals surface area contributed by atoms with Crippen molar-refractivity contribution in [2.24, 2.45) is 33.5 Å². The van der Waals surface area contributed by atoms with Crippen LogP contribution in [-0.2, 0) is 51.2 Å². The van der Waals surface area contributed by atoms with E-state index in [9.17, 15) is 43.2 Å². The number of benzene rings is 4. The van der Waals surface area contributed by atoms with Gasteiger partial charge in [-0.1, -0.05) is 197 Å². The minimum Gasteiger partial charge on any atom is -0.300 e. The van der Waals surface area contributed by atoms with Crippen LogP contribution in [0.3, 0.4) is 0 Å². The van der Waals surface area contributed by atoms with Crippen LogP contribution in [-0.4, -0.2) is 61.2 Å². The quantitative estimate of drug-likeness (QED) is 0.0583. The van der Waals surface area contributed by atoms with Gasteiger partial charge in [-0.15, -0.1) is 0 Å². The summed E-state index contributed by atoms with van der Waals surface area (Å²) in [6, 6.07) is 29.5. The molecule has 4 aromatic rings. The average molecular weight is 975 g/mol. The first kappa shape index (κ1) is 56.5. The first-order chi connectivity index (χ1) is 32.0. The van der Waals surface area contributed by atoms with E-state index >= 15 is 0 Å². The van der Waals surface area contributed by atoms with Gasteiger partial charge in [-0.05, 0) is 41.7 Å². The molecule has 0 aliphatic carbocycles. The number of ketones is 7. The molecule has 4 aromatic carbocycles. The van der Waals surface area contributed by atoms with Crippen LogP contribution in [0.2, 0.25) is 0 Å². The van der Waals surface area contributed by atoms with Crippen molar-refractivity contribution in [2.45, 2.75) is 139 Å². The maximum Gasteiger partial charge on any atom is 0.195 e. The molecular formula is C58H70O9S2. The fourth-order valence-electron chi connectivity index (χ4n) is 7.72. The molecule has 0 saturated heterocycles. The molecule has 4 unspecified atom stereocenters. The van der Waals surface area contributed by atoms with Crippen molar-refractivity contribution in [1.29, 1.82) is 0 Å². The average Bonchev–Trinajstić information content (AvgIpc) is 3.27. The van der Waals surface area contributed by atoms with E-state index < -0.39 is 49.1 Å². The molecule has 0 aliphatic heterocycles. The lowest BCUT2D eigenvalue weighted by atomic mass is 9.77. The predicted octanol–water partition coefficient (Wildman–Crippen LogP) is 11.9. The summed E-state index contributed by atoms with van der Waals surface area (Å²) in [6.45, 7) is 20.1. The van der Waals surface area contributed by atoms with Gasteiger partial charge in [0.25, 0.3) is 0 Å². The zero-order valence-corrected chi connectivity index (χ0v) is 44.1. The normalized spacial score (nSPS) is 14.0. The van der Waals surface area contributed by atoms with E-state index in [4.69, 9.17) is 0 Å². The summed E-state index contributed by atoms with van der Waals surface area (Å²) in [5.74, 6) is -3.01. The molecule has 0 aromatic heterocycles. The van der Waals surface area contributed by atoms with Crippen LogP contribution in [0.15, 0.2) is 97.1 Å². The van der Waals surface area contributed by atoms with Crippen molar-refractivity contribution in [2.75, 3.05) is 0 Å². The Hall–Kier alpha value is -5.13. The Kier molecular flexibility index (Phi) is 19.4. The topological polar surface area (TPSA) is 154 Å². The van der Waals surface area contributed by atoms with E-state index in [0.717, 1.165) is 39.9 Å². The second-order valence-electron chi connectivity index (χ2n) is 21.8. The Labute approximate surface area is 417 Å². The molecule has 0 N–H and O–H groups in total. The number of Topliss-reactive ketones (excluding diaryl/α,β-unsaturated/α-hetero) is 6. The SMILES string of the molecule is CC(=O)C(C)CC(=O)C(C)(C)CC(=O)C(Cc1ccc(C(=O)c2ccccc2)cc1)SC(=O)C(C)(C)CC(=O)C(C)CC(=O)C(C)(C)CC(=O)C(Cc1ccc2ccccc2c1)SC(=O)C(C)(C)C. The minimum atomic E-state index is -1.26. The van der Waals surface area contributed by atoms with E-state index in [1.807, 2.05) is 48.5 Å². The minimum absolute atomic E-state index is 0.0172. The zero-order chi connectivity index (χ0) is 51.6. The molecule has 0 saturated carbocycles. The van der Waals surface area contributed by atoms with Gasteiger partial charge in [-0.2, -0.15) is 0 Å². The highest BCUT2D eigenvalue weighted by Gasteiger charge is 2.41. The summed E-state index contributed by atoms with van der Waals surface area (Å²) in [5, 5.41) is -0.138. The van der Waals surface area contributed by atoms with Crippen LogP contribution in [0.4, 0.5) is 0 Å². The molecule has 0 radical (unpaired) electrons.